The first-order valence-electron chi connectivity index (χ1n) is 24.1. The minimum atomic E-state index is 0.415. The second kappa shape index (κ2) is 15.5. The van der Waals surface area contributed by atoms with Crippen molar-refractivity contribution in [1.29, 1.82) is 5.26 Å². The summed E-state index contributed by atoms with van der Waals surface area (Å²) < 4.78 is 14.6. The van der Waals surface area contributed by atoms with E-state index in [1.807, 2.05) is 48.5 Å². The van der Waals surface area contributed by atoms with Gasteiger partial charge in [-0.1, -0.05) is 182 Å². The number of benzene rings is 10. The van der Waals surface area contributed by atoms with E-state index in [1.54, 1.807) is 0 Å². The van der Waals surface area contributed by atoms with Crippen molar-refractivity contribution < 1.29 is 4.42 Å². The first-order chi connectivity index (χ1) is 35.7. The molecule has 15 rings (SSSR count). The van der Waals surface area contributed by atoms with Crippen molar-refractivity contribution in [3.8, 4) is 57.0 Å². The van der Waals surface area contributed by atoms with E-state index in [2.05, 4.69) is 202 Å². The van der Waals surface area contributed by atoms with Crippen LogP contribution in [-0.2, 0) is 0 Å². The van der Waals surface area contributed by atoms with E-state index in [4.69, 9.17) is 14.4 Å². The van der Waals surface area contributed by atoms with Crippen LogP contribution in [0.25, 0.3) is 138 Å². The van der Waals surface area contributed by atoms with Crippen LogP contribution in [0.3, 0.4) is 0 Å². The van der Waals surface area contributed by atoms with Gasteiger partial charge in [-0.15, -0.1) is 0 Å². The summed E-state index contributed by atoms with van der Waals surface area (Å²) in [5.74, 6) is 0.603. The van der Waals surface area contributed by atoms with Crippen molar-refractivity contribution in [3.63, 3.8) is 0 Å². The molecule has 0 radical (unpaired) electrons. The van der Waals surface area contributed by atoms with Crippen LogP contribution in [0.4, 0.5) is 0 Å². The molecular weight excluding hydrogens is 881 g/mol. The first-order valence-corrected chi connectivity index (χ1v) is 24.1. The molecule has 5 heterocycles. The Labute approximate surface area is 411 Å². The number of para-hydroxylation sites is 7. The van der Waals surface area contributed by atoms with Gasteiger partial charge in [0.1, 0.15) is 17.2 Å². The van der Waals surface area contributed by atoms with Crippen molar-refractivity contribution in [2.45, 2.75) is 0 Å². The topological polar surface area (TPSA) is 77.5 Å². The molecule has 72 heavy (non-hydrogen) atoms. The molecule has 10 aromatic carbocycles. The number of rotatable bonds is 6. The van der Waals surface area contributed by atoms with Crippen LogP contribution in [0.1, 0.15) is 5.56 Å². The fraction of sp³-hybridized carbons (Fsp3) is 0. The fourth-order valence-electron chi connectivity index (χ4n) is 11.5. The molecule has 0 saturated carbocycles. The molecule has 0 atom stereocenters. The molecule has 0 aliphatic rings. The number of aromatic nitrogens is 5. The SMILES string of the molecule is N#Cc1c(-n2c3ccccc3c3ccccc32)c(-n2c3ccccc3c3ccccc32)c(-n2c3ccccc3c3ccccc32)c2c1oc1c(-c3cc(-c4ccccc4)nc(-c4ccccc4)n3)cccc12. The summed E-state index contributed by atoms with van der Waals surface area (Å²) in [7, 11) is 0. The average molecular weight is 919 g/mol. The Bertz CT molecular complexity index is 4540. The van der Waals surface area contributed by atoms with Gasteiger partial charge in [0.15, 0.2) is 11.4 Å². The van der Waals surface area contributed by atoms with Gasteiger partial charge in [-0.3, -0.25) is 0 Å². The second-order valence-corrected chi connectivity index (χ2v) is 18.3. The monoisotopic (exact) mass is 918 g/mol. The lowest BCUT2D eigenvalue weighted by molar-refractivity contribution is 0.668. The summed E-state index contributed by atoms with van der Waals surface area (Å²) in [6.45, 7) is 0. The zero-order valence-corrected chi connectivity index (χ0v) is 38.5. The van der Waals surface area contributed by atoms with Gasteiger partial charge in [-0.2, -0.15) is 5.26 Å². The van der Waals surface area contributed by atoms with Crippen molar-refractivity contribution in [3.05, 3.63) is 236 Å². The molecule has 334 valence electrons. The van der Waals surface area contributed by atoms with E-state index in [-0.39, 0.29) is 0 Å². The lowest BCUT2D eigenvalue weighted by Crippen LogP contribution is -2.12. The van der Waals surface area contributed by atoms with Gasteiger partial charge in [0.05, 0.1) is 66.9 Å². The summed E-state index contributed by atoms with van der Waals surface area (Å²) >= 11 is 0. The molecule has 0 unspecified atom stereocenters. The highest BCUT2D eigenvalue weighted by atomic mass is 16.3. The average Bonchev–Trinajstić information content (AvgIpc) is 4.20. The molecule has 0 aliphatic carbocycles. The van der Waals surface area contributed by atoms with E-state index < -0.39 is 0 Å². The van der Waals surface area contributed by atoms with Crippen molar-refractivity contribution in [1.82, 2.24) is 23.7 Å². The van der Waals surface area contributed by atoms with Crippen LogP contribution in [0.5, 0.6) is 0 Å². The predicted molar refractivity (Wildman–Crippen MR) is 293 cm³/mol. The number of fused-ring (bicyclic) bond motifs is 12. The second-order valence-electron chi connectivity index (χ2n) is 18.3. The Morgan fingerprint density at radius 1 is 0.347 bits per heavy atom. The van der Waals surface area contributed by atoms with Gasteiger partial charge in [-0.05, 0) is 48.5 Å². The molecule has 0 N–H and O–H groups in total. The standard InChI is InChI=1S/C65H38N6O/c66-39-50-60(69-53-32-13-7-24-42(53)43-25-8-14-33-54(43)69)62(71-57-36-17-11-28-46(57)47-29-12-18-37-58(47)71)61(70-55-34-15-9-26-44(55)45-27-10-16-35-56(45)70)59-49-31-19-30-48(63(49)72-64(50)59)52-38-51(40-20-3-1-4-21-40)67-65(68-52)41-22-5-2-6-23-41/h1-38H. The van der Waals surface area contributed by atoms with Crippen LogP contribution in [0.15, 0.2) is 235 Å². The van der Waals surface area contributed by atoms with Crippen LogP contribution in [-0.4, -0.2) is 23.7 Å². The number of nitriles is 1. The number of nitrogens with zero attached hydrogens (tertiary/aromatic N) is 6. The van der Waals surface area contributed by atoms with E-state index in [0.717, 1.165) is 110 Å². The Morgan fingerprint density at radius 3 is 1.21 bits per heavy atom. The molecule has 0 amide bonds. The summed E-state index contributed by atoms with van der Waals surface area (Å²) in [4.78, 5) is 10.5. The van der Waals surface area contributed by atoms with Crippen molar-refractivity contribution >= 4 is 87.4 Å². The highest BCUT2D eigenvalue weighted by Crippen LogP contribution is 2.50. The fourth-order valence-corrected chi connectivity index (χ4v) is 11.5. The molecule has 0 aliphatic heterocycles. The predicted octanol–water partition coefficient (Wildman–Crippen LogP) is 16.5. The van der Waals surface area contributed by atoms with Gasteiger partial charge in [0.2, 0.25) is 0 Å². The zero-order chi connectivity index (χ0) is 47.4. The molecule has 7 heteroatoms. The van der Waals surface area contributed by atoms with Gasteiger partial charge < -0.3 is 18.1 Å². The normalized spacial score (nSPS) is 11.9. The Morgan fingerprint density at radius 2 is 0.736 bits per heavy atom. The van der Waals surface area contributed by atoms with Crippen LogP contribution < -0.4 is 0 Å². The van der Waals surface area contributed by atoms with E-state index in [9.17, 15) is 5.26 Å². The smallest absolute Gasteiger partial charge is 0.160 e. The van der Waals surface area contributed by atoms with Gasteiger partial charge in [0.25, 0.3) is 0 Å². The van der Waals surface area contributed by atoms with E-state index >= 15 is 0 Å². The zero-order valence-electron chi connectivity index (χ0n) is 38.5. The summed E-state index contributed by atoms with van der Waals surface area (Å²) in [6, 6.07) is 83.0. The minimum Gasteiger partial charge on any atom is -0.454 e. The summed E-state index contributed by atoms with van der Waals surface area (Å²) in [5.41, 5.74) is 14.2. The molecule has 5 aromatic heterocycles. The Balaban J connectivity index is 1.20. The largest absolute Gasteiger partial charge is 0.454 e. The molecule has 0 bridgehead atoms. The van der Waals surface area contributed by atoms with Crippen molar-refractivity contribution in [2.75, 3.05) is 0 Å². The van der Waals surface area contributed by atoms with Gasteiger partial charge in [0, 0.05) is 54.4 Å². The lowest BCUT2D eigenvalue weighted by Gasteiger charge is -2.24. The number of furan rings is 1. The molecule has 0 saturated heterocycles. The van der Waals surface area contributed by atoms with E-state index in [0.29, 0.717) is 33.9 Å². The maximum absolute atomic E-state index is 12.1. The van der Waals surface area contributed by atoms with Crippen LogP contribution >= 0.6 is 0 Å². The summed E-state index contributed by atoms with van der Waals surface area (Å²) in [6.07, 6.45) is 0. The highest BCUT2D eigenvalue weighted by Gasteiger charge is 2.33. The molecule has 0 spiro atoms. The third-order valence-corrected chi connectivity index (χ3v) is 14.5. The van der Waals surface area contributed by atoms with Gasteiger partial charge in [-0.25, -0.2) is 9.97 Å². The van der Waals surface area contributed by atoms with Crippen LogP contribution in [0.2, 0.25) is 0 Å². The maximum Gasteiger partial charge on any atom is 0.160 e. The quantitative estimate of drug-likeness (QED) is 0.166. The Hall–Kier alpha value is -10.0. The molecule has 7 nitrogen and oxygen atoms in total. The third-order valence-electron chi connectivity index (χ3n) is 14.5. The number of hydrogen-bond donors (Lipinski definition) is 0. The minimum absolute atomic E-state index is 0.415. The third kappa shape index (κ3) is 5.66. The van der Waals surface area contributed by atoms with Gasteiger partial charge >= 0.3 is 0 Å². The highest BCUT2D eigenvalue weighted by molar-refractivity contribution is 6.22. The van der Waals surface area contributed by atoms with Crippen molar-refractivity contribution in [2.24, 2.45) is 0 Å². The summed E-state index contributed by atoms with van der Waals surface area (Å²) in [5, 5.41) is 20.5. The first kappa shape index (κ1) is 39.9. The lowest BCUT2D eigenvalue weighted by atomic mass is 9.99. The van der Waals surface area contributed by atoms with Crippen LogP contribution in [0, 0.1) is 11.3 Å². The molecule has 15 aromatic rings. The molecule has 0 fully saturated rings. The van der Waals surface area contributed by atoms with E-state index in [1.165, 1.54) is 0 Å². The number of hydrogen-bond acceptors (Lipinski definition) is 4. The molecular formula is C65H38N6O. The Kier molecular flexibility index (Phi) is 8.59. The maximum atomic E-state index is 12.1.